The Bertz CT molecular complexity index is 608. The molecule has 2 rings (SSSR count). The van der Waals surface area contributed by atoms with Crippen molar-refractivity contribution in [3.05, 3.63) is 47.3 Å². The zero-order valence-electron chi connectivity index (χ0n) is 12.3. The van der Waals surface area contributed by atoms with Gasteiger partial charge in [-0.2, -0.15) is 0 Å². The average molecular weight is 305 g/mol. The molecule has 1 aromatic carbocycles. The molecule has 0 saturated carbocycles. The number of carbonyl (C=O) groups excluding carboxylic acids is 1. The van der Waals surface area contributed by atoms with Crippen LogP contribution >= 0.6 is 11.8 Å². The molecule has 0 spiro atoms. The number of rotatable bonds is 6. The number of oxazole rings is 1. The van der Waals surface area contributed by atoms with Gasteiger partial charge in [0.1, 0.15) is 11.3 Å². The first-order valence-corrected chi connectivity index (χ1v) is 7.59. The van der Waals surface area contributed by atoms with E-state index < -0.39 is 11.4 Å². The van der Waals surface area contributed by atoms with E-state index >= 15 is 0 Å². The fraction of sp³-hybridized carbons (Fsp3) is 0.333. The molecule has 0 aliphatic heterocycles. The maximum atomic E-state index is 12.0. The molecule has 1 atom stereocenters. The minimum Gasteiger partial charge on any atom is -0.437 e. The molecule has 1 amide bonds. The minimum atomic E-state index is -0.956. The number of hydrogen-bond donors (Lipinski definition) is 2. The molecule has 112 valence electrons. The zero-order chi connectivity index (χ0) is 15.5. The van der Waals surface area contributed by atoms with E-state index in [9.17, 15) is 4.79 Å². The summed E-state index contributed by atoms with van der Waals surface area (Å²) >= 11 is 1.37. The highest BCUT2D eigenvalue weighted by Crippen LogP contribution is 2.30. The maximum Gasteiger partial charge on any atom is 0.256 e. The topological polar surface area (TPSA) is 81.2 Å². The number of nitrogens with two attached hydrogens (primary N) is 1. The molecule has 0 fully saturated rings. The number of likely N-dealkylation sites (N-methyl/N-ethyl adjacent to an activating group) is 1. The molecule has 0 aliphatic carbocycles. The van der Waals surface area contributed by atoms with Crippen LogP contribution < -0.4 is 11.1 Å². The Hall–Kier alpha value is -1.79. The van der Waals surface area contributed by atoms with Crippen molar-refractivity contribution in [2.24, 2.45) is 5.73 Å². The van der Waals surface area contributed by atoms with Gasteiger partial charge in [-0.15, -0.1) is 0 Å². The second-order valence-corrected chi connectivity index (χ2v) is 5.72. The van der Waals surface area contributed by atoms with Crippen LogP contribution in [0.2, 0.25) is 0 Å². The van der Waals surface area contributed by atoms with Crippen molar-refractivity contribution in [3.8, 4) is 0 Å². The van der Waals surface area contributed by atoms with Crippen molar-refractivity contribution in [3.63, 3.8) is 0 Å². The van der Waals surface area contributed by atoms with Crippen LogP contribution in [-0.4, -0.2) is 23.7 Å². The van der Waals surface area contributed by atoms with Crippen LogP contribution in [0.15, 0.2) is 40.0 Å². The molecule has 2 aromatic rings. The number of nitrogens with one attached hydrogen (secondary N) is 1. The van der Waals surface area contributed by atoms with Crippen LogP contribution in [-0.2, 0) is 10.3 Å². The van der Waals surface area contributed by atoms with Crippen LogP contribution in [0, 0.1) is 13.8 Å². The summed E-state index contributed by atoms with van der Waals surface area (Å²) in [6.45, 7) is 3.75. The van der Waals surface area contributed by atoms with Crippen LogP contribution in [0.1, 0.15) is 17.0 Å². The molecule has 0 radical (unpaired) electrons. The second-order valence-electron chi connectivity index (χ2n) is 4.80. The molecule has 5 nitrogen and oxygen atoms in total. The number of thioether (sulfide) groups is 1. The Kier molecular flexibility index (Phi) is 4.69. The van der Waals surface area contributed by atoms with Crippen molar-refractivity contribution in [2.75, 3.05) is 12.8 Å². The van der Waals surface area contributed by atoms with Crippen LogP contribution in [0.25, 0.3) is 0 Å². The molecule has 0 saturated heterocycles. The minimum absolute atomic E-state index is 0.405. The Morgan fingerprint density at radius 2 is 2.05 bits per heavy atom. The van der Waals surface area contributed by atoms with E-state index in [1.165, 1.54) is 11.8 Å². The van der Waals surface area contributed by atoms with Gasteiger partial charge >= 0.3 is 0 Å². The number of nitrogens with zero attached hydrogens (tertiary/aromatic N) is 1. The summed E-state index contributed by atoms with van der Waals surface area (Å²) < 4.78 is 5.54. The maximum absolute atomic E-state index is 12.0. The van der Waals surface area contributed by atoms with Crippen molar-refractivity contribution in [1.82, 2.24) is 10.3 Å². The van der Waals surface area contributed by atoms with Crippen molar-refractivity contribution in [2.45, 2.75) is 24.6 Å². The molecule has 21 heavy (non-hydrogen) atoms. The highest BCUT2D eigenvalue weighted by molar-refractivity contribution is 7.99. The standard InChI is InChI=1S/C15H19N3O2S/c1-10-11(2)20-14(18-10)21-9-15(17-3,13(16)19)12-7-5-4-6-8-12/h4-8,17H,9H2,1-3H3,(H2,16,19). The first-order valence-electron chi connectivity index (χ1n) is 6.61. The predicted molar refractivity (Wildman–Crippen MR) is 83.1 cm³/mol. The van der Waals surface area contributed by atoms with Crippen molar-refractivity contribution < 1.29 is 9.21 Å². The quantitative estimate of drug-likeness (QED) is 0.798. The number of aromatic nitrogens is 1. The van der Waals surface area contributed by atoms with Crippen LogP contribution in [0.4, 0.5) is 0 Å². The molecule has 0 bridgehead atoms. The number of benzene rings is 1. The van der Waals surface area contributed by atoms with E-state index in [1.807, 2.05) is 44.2 Å². The summed E-state index contributed by atoms with van der Waals surface area (Å²) in [4.78, 5) is 16.4. The Balaban J connectivity index is 2.27. The molecular formula is C15H19N3O2S. The normalized spacial score (nSPS) is 13.9. The first kappa shape index (κ1) is 15.6. The van der Waals surface area contributed by atoms with E-state index in [1.54, 1.807) is 7.05 Å². The molecule has 1 heterocycles. The molecule has 6 heteroatoms. The fourth-order valence-corrected chi connectivity index (χ4v) is 3.21. The summed E-state index contributed by atoms with van der Waals surface area (Å²) in [6.07, 6.45) is 0. The molecular weight excluding hydrogens is 286 g/mol. The van der Waals surface area contributed by atoms with Crippen molar-refractivity contribution >= 4 is 17.7 Å². The Morgan fingerprint density at radius 3 is 2.52 bits per heavy atom. The average Bonchev–Trinajstić information content (AvgIpc) is 2.80. The van der Waals surface area contributed by atoms with Gasteiger partial charge in [-0.1, -0.05) is 42.1 Å². The lowest BCUT2D eigenvalue weighted by molar-refractivity contribution is -0.123. The molecule has 1 unspecified atom stereocenters. The Morgan fingerprint density at radius 1 is 1.38 bits per heavy atom. The lowest BCUT2D eigenvalue weighted by Crippen LogP contribution is -2.53. The summed E-state index contributed by atoms with van der Waals surface area (Å²) in [7, 11) is 1.73. The number of carbonyl (C=O) groups is 1. The van der Waals surface area contributed by atoms with Gasteiger partial charge in [0.25, 0.3) is 5.22 Å². The highest BCUT2D eigenvalue weighted by Gasteiger charge is 2.37. The second kappa shape index (κ2) is 6.32. The summed E-state index contributed by atoms with van der Waals surface area (Å²) in [5, 5.41) is 3.60. The van der Waals surface area contributed by atoms with Crippen LogP contribution in [0.3, 0.4) is 0 Å². The first-order chi connectivity index (χ1) is 9.99. The van der Waals surface area contributed by atoms with E-state index in [-0.39, 0.29) is 0 Å². The van der Waals surface area contributed by atoms with Gasteiger partial charge in [-0.25, -0.2) is 4.98 Å². The van der Waals surface area contributed by atoms with Crippen LogP contribution in [0.5, 0.6) is 0 Å². The molecule has 3 N–H and O–H groups in total. The summed E-state index contributed by atoms with van der Waals surface area (Å²) in [6, 6.07) is 9.43. The van der Waals surface area contributed by atoms with Gasteiger partial charge in [0.2, 0.25) is 5.91 Å². The van der Waals surface area contributed by atoms with Gasteiger partial charge in [0.05, 0.1) is 5.69 Å². The highest BCUT2D eigenvalue weighted by atomic mass is 32.2. The van der Waals surface area contributed by atoms with Gasteiger partial charge in [-0.05, 0) is 26.5 Å². The van der Waals surface area contributed by atoms with E-state index in [4.69, 9.17) is 10.2 Å². The third kappa shape index (κ3) is 3.11. The summed E-state index contributed by atoms with van der Waals surface area (Å²) in [5.74, 6) is 0.762. The third-order valence-electron chi connectivity index (χ3n) is 3.54. The van der Waals surface area contributed by atoms with Crippen molar-refractivity contribution in [1.29, 1.82) is 0 Å². The van der Waals surface area contributed by atoms with Gasteiger partial charge in [0.15, 0.2) is 0 Å². The lowest BCUT2D eigenvalue weighted by Gasteiger charge is -2.29. The van der Waals surface area contributed by atoms with Gasteiger partial charge in [-0.3, -0.25) is 4.79 Å². The van der Waals surface area contributed by atoms with Gasteiger partial charge in [0, 0.05) is 5.75 Å². The number of hydrogen-bond acceptors (Lipinski definition) is 5. The summed E-state index contributed by atoms with van der Waals surface area (Å²) in [5.41, 5.74) is 6.37. The monoisotopic (exact) mass is 305 g/mol. The number of primary amides is 1. The lowest BCUT2D eigenvalue weighted by atomic mass is 9.91. The largest absolute Gasteiger partial charge is 0.437 e. The Labute approximate surface area is 128 Å². The van der Waals surface area contributed by atoms with E-state index in [0.717, 1.165) is 17.0 Å². The van der Waals surface area contributed by atoms with E-state index in [2.05, 4.69) is 10.3 Å². The predicted octanol–water partition coefficient (Wildman–Crippen LogP) is 1.98. The zero-order valence-corrected chi connectivity index (χ0v) is 13.2. The van der Waals surface area contributed by atoms with E-state index in [0.29, 0.717) is 11.0 Å². The molecule has 0 aliphatic rings. The van der Waals surface area contributed by atoms with Gasteiger partial charge < -0.3 is 15.5 Å². The number of aryl methyl sites for hydroxylation is 2. The number of amides is 1. The smallest absolute Gasteiger partial charge is 0.256 e. The fourth-order valence-electron chi connectivity index (χ4n) is 2.03. The SMILES string of the molecule is CNC(CSc1nc(C)c(C)o1)(C(N)=O)c1ccccc1. The molecule has 1 aromatic heterocycles. The third-order valence-corrected chi connectivity index (χ3v) is 4.53.